The Morgan fingerprint density at radius 2 is 1.96 bits per heavy atom. The molecule has 1 N–H and O–H groups in total. The molecule has 0 aromatic carbocycles. The molecule has 0 radical (unpaired) electrons. The van der Waals surface area contributed by atoms with Gasteiger partial charge in [-0.15, -0.1) is 0 Å². The van der Waals surface area contributed by atoms with Crippen LogP contribution >= 0.6 is 0 Å². The van der Waals surface area contributed by atoms with Gasteiger partial charge in [-0.3, -0.25) is 8.97 Å². The minimum atomic E-state index is -0.335. The van der Waals surface area contributed by atoms with Crippen LogP contribution in [0.1, 0.15) is 38.1 Å². The summed E-state index contributed by atoms with van der Waals surface area (Å²) in [4.78, 5) is 24.5. The maximum absolute atomic E-state index is 13.7. The van der Waals surface area contributed by atoms with Gasteiger partial charge in [-0.25, -0.2) is 19.2 Å². The SMILES string of the molecule is O=c1[nH]c2ccc(-c3cnc4ccc(F)cn34)nc2n1C1CCCCC1. The number of imidazole rings is 2. The Morgan fingerprint density at radius 3 is 2.81 bits per heavy atom. The molecular weight excluding hydrogens is 333 g/mol. The van der Waals surface area contributed by atoms with E-state index in [9.17, 15) is 9.18 Å². The van der Waals surface area contributed by atoms with Crippen molar-refractivity contribution in [2.45, 2.75) is 38.1 Å². The fourth-order valence-corrected chi connectivity index (χ4v) is 3.97. The van der Waals surface area contributed by atoms with Crippen LogP contribution in [-0.4, -0.2) is 23.9 Å². The number of rotatable bonds is 2. The van der Waals surface area contributed by atoms with E-state index in [2.05, 4.69) is 9.97 Å². The first kappa shape index (κ1) is 15.3. The highest BCUT2D eigenvalue weighted by Crippen LogP contribution is 2.30. The fourth-order valence-electron chi connectivity index (χ4n) is 3.97. The third-order valence-corrected chi connectivity index (χ3v) is 5.24. The van der Waals surface area contributed by atoms with Gasteiger partial charge < -0.3 is 4.98 Å². The second-order valence-corrected chi connectivity index (χ2v) is 6.88. The van der Waals surface area contributed by atoms with Crippen LogP contribution in [0.25, 0.3) is 28.2 Å². The summed E-state index contributed by atoms with van der Waals surface area (Å²) in [5.74, 6) is -0.335. The molecule has 6 nitrogen and oxygen atoms in total. The second kappa shape index (κ2) is 5.79. The van der Waals surface area contributed by atoms with Crippen molar-refractivity contribution >= 4 is 16.8 Å². The first-order valence-corrected chi connectivity index (χ1v) is 8.95. The van der Waals surface area contributed by atoms with E-state index in [1.807, 2.05) is 12.1 Å². The molecule has 4 aromatic heterocycles. The average Bonchev–Trinajstić information content (AvgIpc) is 3.21. The van der Waals surface area contributed by atoms with Gasteiger partial charge in [0.2, 0.25) is 0 Å². The van der Waals surface area contributed by atoms with Crippen molar-refractivity contribution in [2.75, 3.05) is 0 Å². The van der Waals surface area contributed by atoms with Gasteiger partial charge in [0.1, 0.15) is 11.5 Å². The predicted octanol–water partition coefficient (Wildman–Crippen LogP) is 3.68. The van der Waals surface area contributed by atoms with Crippen LogP contribution in [0.15, 0.2) is 41.5 Å². The van der Waals surface area contributed by atoms with Crippen molar-refractivity contribution in [1.29, 1.82) is 0 Å². The maximum atomic E-state index is 13.7. The van der Waals surface area contributed by atoms with Gasteiger partial charge >= 0.3 is 5.69 Å². The molecular formula is C19H18FN5O. The van der Waals surface area contributed by atoms with Crippen LogP contribution in [0, 0.1) is 5.82 Å². The second-order valence-electron chi connectivity index (χ2n) is 6.88. The molecule has 0 amide bonds. The van der Waals surface area contributed by atoms with Crippen LogP contribution in [0.5, 0.6) is 0 Å². The summed E-state index contributed by atoms with van der Waals surface area (Å²) in [6.07, 6.45) is 8.57. The van der Waals surface area contributed by atoms with Gasteiger partial charge in [0.05, 0.1) is 23.1 Å². The molecule has 4 heterocycles. The lowest BCUT2D eigenvalue weighted by Gasteiger charge is -2.22. The Hall–Kier alpha value is -2.96. The molecule has 0 aliphatic heterocycles. The summed E-state index contributed by atoms with van der Waals surface area (Å²) in [5, 5.41) is 0. The van der Waals surface area contributed by atoms with E-state index in [0.717, 1.165) is 31.2 Å². The van der Waals surface area contributed by atoms with Crippen LogP contribution in [0.2, 0.25) is 0 Å². The number of hydrogen-bond acceptors (Lipinski definition) is 3. The quantitative estimate of drug-likeness (QED) is 0.599. The van der Waals surface area contributed by atoms with Gasteiger partial charge in [-0.1, -0.05) is 19.3 Å². The third kappa shape index (κ3) is 2.34. The van der Waals surface area contributed by atoms with Gasteiger partial charge in [-0.2, -0.15) is 0 Å². The molecule has 1 fully saturated rings. The molecule has 0 atom stereocenters. The van der Waals surface area contributed by atoms with Crippen molar-refractivity contribution < 1.29 is 4.39 Å². The Labute approximate surface area is 148 Å². The van der Waals surface area contributed by atoms with Crippen molar-refractivity contribution in [3.8, 4) is 11.4 Å². The highest BCUT2D eigenvalue weighted by atomic mass is 19.1. The summed E-state index contributed by atoms with van der Waals surface area (Å²) >= 11 is 0. The summed E-state index contributed by atoms with van der Waals surface area (Å²) in [6, 6.07) is 6.89. The number of hydrogen-bond donors (Lipinski definition) is 1. The number of pyridine rings is 2. The number of aromatic nitrogens is 5. The Kier molecular flexibility index (Phi) is 3.41. The highest BCUT2D eigenvalue weighted by Gasteiger charge is 2.21. The number of fused-ring (bicyclic) bond motifs is 2. The van der Waals surface area contributed by atoms with E-state index in [4.69, 9.17) is 4.98 Å². The van der Waals surface area contributed by atoms with Gasteiger partial charge in [0.25, 0.3) is 0 Å². The normalized spacial score (nSPS) is 15.9. The molecule has 5 rings (SSSR count). The van der Waals surface area contributed by atoms with E-state index >= 15 is 0 Å². The van der Waals surface area contributed by atoms with Crippen LogP contribution in [-0.2, 0) is 0 Å². The van der Waals surface area contributed by atoms with E-state index in [1.165, 1.54) is 18.7 Å². The Morgan fingerprint density at radius 1 is 1.12 bits per heavy atom. The van der Waals surface area contributed by atoms with Crippen molar-refractivity contribution in [1.82, 2.24) is 23.9 Å². The molecule has 1 aliphatic carbocycles. The topological polar surface area (TPSA) is 68.0 Å². The van der Waals surface area contributed by atoms with Crippen molar-refractivity contribution in [2.24, 2.45) is 0 Å². The lowest BCUT2D eigenvalue weighted by Crippen LogP contribution is -2.24. The molecule has 4 aromatic rings. The molecule has 0 saturated heterocycles. The zero-order valence-electron chi connectivity index (χ0n) is 14.2. The van der Waals surface area contributed by atoms with Crippen LogP contribution in [0.3, 0.4) is 0 Å². The number of aromatic amines is 1. The molecule has 1 aliphatic rings. The molecule has 132 valence electrons. The van der Waals surface area contributed by atoms with Gasteiger partial charge in [0, 0.05) is 12.2 Å². The smallest absolute Gasteiger partial charge is 0.304 e. The zero-order valence-corrected chi connectivity index (χ0v) is 14.2. The van der Waals surface area contributed by atoms with Crippen molar-refractivity contribution in [3.05, 3.63) is 53.0 Å². The van der Waals surface area contributed by atoms with E-state index in [-0.39, 0.29) is 17.5 Å². The number of H-pyrrole nitrogens is 1. The van der Waals surface area contributed by atoms with E-state index in [0.29, 0.717) is 22.7 Å². The maximum Gasteiger partial charge on any atom is 0.327 e. The van der Waals surface area contributed by atoms with Crippen LogP contribution in [0.4, 0.5) is 4.39 Å². The summed E-state index contributed by atoms with van der Waals surface area (Å²) in [5.41, 5.74) is 3.29. The first-order valence-electron chi connectivity index (χ1n) is 8.95. The Balaban J connectivity index is 1.69. The lowest BCUT2D eigenvalue weighted by molar-refractivity contribution is 0.352. The third-order valence-electron chi connectivity index (χ3n) is 5.24. The van der Waals surface area contributed by atoms with E-state index < -0.39 is 0 Å². The molecule has 0 unspecified atom stereocenters. The predicted molar refractivity (Wildman–Crippen MR) is 96.6 cm³/mol. The summed E-state index contributed by atoms with van der Waals surface area (Å²) < 4.78 is 17.1. The molecule has 7 heteroatoms. The molecule has 0 bridgehead atoms. The standard InChI is InChI=1S/C19H18FN5O/c20-12-6-9-17-21-10-16(24(17)11-12)14-7-8-15-18(22-14)25(19(26)23-15)13-4-2-1-3-5-13/h6-11,13H,1-5H2,(H,23,26). The number of nitrogens with one attached hydrogen (secondary N) is 1. The number of nitrogens with zero attached hydrogens (tertiary/aromatic N) is 4. The minimum absolute atomic E-state index is 0.110. The first-order chi connectivity index (χ1) is 12.7. The Bertz CT molecular complexity index is 1170. The molecule has 26 heavy (non-hydrogen) atoms. The molecule has 0 spiro atoms. The largest absolute Gasteiger partial charge is 0.327 e. The average molecular weight is 351 g/mol. The van der Waals surface area contributed by atoms with E-state index in [1.54, 1.807) is 21.2 Å². The fraction of sp³-hybridized carbons (Fsp3) is 0.316. The van der Waals surface area contributed by atoms with Gasteiger partial charge in [-0.05, 0) is 37.1 Å². The van der Waals surface area contributed by atoms with Crippen LogP contribution < -0.4 is 5.69 Å². The number of halogens is 1. The monoisotopic (exact) mass is 351 g/mol. The lowest BCUT2D eigenvalue weighted by atomic mass is 9.95. The summed E-state index contributed by atoms with van der Waals surface area (Å²) in [6.45, 7) is 0. The zero-order chi connectivity index (χ0) is 17.7. The highest BCUT2D eigenvalue weighted by molar-refractivity contribution is 5.75. The van der Waals surface area contributed by atoms with Gasteiger partial charge in [0.15, 0.2) is 5.65 Å². The van der Waals surface area contributed by atoms with Crippen molar-refractivity contribution in [3.63, 3.8) is 0 Å². The summed E-state index contributed by atoms with van der Waals surface area (Å²) in [7, 11) is 0. The minimum Gasteiger partial charge on any atom is -0.304 e. The molecule has 1 saturated carbocycles.